The maximum atomic E-state index is 12.3. The molecule has 2 aromatic rings. The summed E-state index contributed by atoms with van der Waals surface area (Å²) in [4.78, 5) is 12.4. The second kappa shape index (κ2) is 6.14. The summed E-state index contributed by atoms with van der Waals surface area (Å²) < 4.78 is 33.0. The highest BCUT2D eigenvalue weighted by molar-refractivity contribution is 7.89. The topological polar surface area (TPSA) is 108 Å². The molecule has 1 amide bonds. The molecule has 0 aromatic heterocycles. The summed E-state index contributed by atoms with van der Waals surface area (Å²) in [6.07, 6.45) is 0. The highest BCUT2D eigenvalue weighted by Crippen LogP contribution is 2.32. The number of amides is 1. The first-order valence-electron chi connectivity index (χ1n) is 7.18. The molecule has 8 heteroatoms. The van der Waals surface area contributed by atoms with E-state index in [0.29, 0.717) is 17.1 Å². The van der Waals surface area contributed by atoms with Gasteiger partial charge in [0.05, 0.1) is 10.9 Å². The van der Waals surface area contributed by atoms with Crippen LogP contribution in [-0.4, -0.2) is 21.1 Å². The number of fused-ring (bicyclic) bond motifs is 1. The third kappa shape index (κ3) is 3.34. The molecule has 0 radical (unpaired) electrons. The van der Waals surface area contributed by atoms with E-state index in [0.717, 1.165) is 5.56 Å². The first-order valence-corrected chi connectivity index (χ1v) is 8.72. The number of nitrogens with two attached hydrogens (primary N) is 1. The van der Waals surface area contributed by atoms with Crippen LogP contribution in [0.25, 0.3) is 0 Å². The second-order valence-electron chi connectivity index (χ2n) is 5.38. The Kier molecular flexibility index (Phi) is 4.16. The fourth-order valence-corrected chi connectivity index (χ4v) is 2.86. The smallest absolute Gasteiger partial charge is 0.251 e. The molecule has 0 aliphatic carbocycles. The van der Waals surface area contributed by atoms with Crippen LogP contribution in [0.5, 0.6) is 11.5 Å². The number of carbonyl (C=O) groups excluding carboxylic acids is 1. The Bertz CT molecular complexity index is 878. The fourth-order valence-electron chi connectivity index (χ4n) is 2.35. The summed E-state index contributed by atoms with van der Waals surface area (Å²) in [7, 11) is -3.73. The number of carbonyl (C=O) groups is 1. The average Bonchev–Trinajstić information content (AvgIpc) is 3.01. The van der Waals surface area contributed by atoms with Gasteiger partial charge in [0, 0.05) is 5.56 Å². The third-order valence-corrected chi connectivity index (χ3v) is 4.62. The quantitative estimate of drug-likeness (QED) is 0.872. The zero-order valence-electron chi connectivity index (χ0n) is 12.9. The number of primary sulfonamides is 1. The van der Waals surface area contributed by atoms with E-state index in [4.69, 9.17) is 14.6 Å². The van der Waals surface area contributed by atoms with Crippen LogP contribution in [0.15, 0.2) is 47.4 Å². The lowest BCUT2D eigenvalue weighted by atomic mass is 10.1. The molecular formula is C16H16N2O5S. The molecule has 1 unspecified atom stereocenters. The van der Waals surface area contributed by atoms with Crippen LogP contribution >= 0.6 is 0 Å². The molecule has 1 atom stereocenters. The predicted octanol–water partition coefficient (Wildman–Crippen LogP) is 1.55. The minimum atomic E-state index is -3.73. The average molecular weight is 348 g/mol. The van der Waals surface area contributed by atoms with Gasteiger partial charge in [-0.2, -0.15) is 0 Å². The van der Waals surface area contributed by atoms with Crippen molar-refractivity contribution in [3.8, 4) is 11.5 Å². The van der Waals surface area contributed by atoms with Gasteiger partial charge in [-0.25, -0.2) is 13.6 Å². The van der Waals surface area contributed by atoms with Crippen LogP contribution < -0.4 is 19.9 Å². The molecule has 2 aromatic carbocycles. The van der Waals surface area contributed by atoms with Crippen molar-refractivity contribution >= 4 is 15.9 Å². The second-order valence-corrected chi connectivity index (χ2v) is 6.94. The maximum Gasteiger partial charge on any atom is 0.251 e. The zero-order valence-corrected chi connectivity index (χ0v) is 13.7. The largest absolute Gasteiger partial charge is 0.454 e. The molecule has 3 rings (SSSR count). The van der Waals surface area contributed by atoms with E-state index in [1.165, 1.54) is 12.1 Å². The highest BCUT2D eigenvalue weighted by Gasteiger charge is 2.18. The number of nitrogens with one attached hydrogen (secondary N) is 1. The van der Waals surface area contributed by atoms with Gasteiger partial charge in [0.15, 0.2) is 11.5 Å². The van der Waals surface area contributed by atoms with Crippen molar-refractivity contribution in [2.75, 3.05) is 6.79 Å². The molecule has 1 aliphatic rings. The fraction of sp³-hybridized carbons (Fsp3) is 0.188. The highest BCUT2D eigenvalue weighted by atomic mass is 32.2. The molecule has 0 bridgehead atoms. The summed E-state index contributed by atoms with van der Waals surface area (Å²) in [6, 6.07) is 10.7. The van der Waals surface area contributed by atoms with Gasteiger partial charge < -0.3 is 14.8 Å². The lowest BCUT2D eigenvalue weighted by molar-refractivity contribution is 0.0939. The van der Waals surface area contributed by atoms with E-state index in [2.05, 4.69) is 5.32 Å². The van der Waals surface area contributed by atoms with Gasteiger partial charge in [0.25, 0.3) is 5.91 Å². The van der Waals surface area contributed by atoms with Crippen LogP contribution in [0.2, 0.25) is 0 Å². The molecule has 24 heavy (non-hydrogen) atoms. The summed E-state index contributed by atoms with van der Waals surface area (Å²) in [5, 5.41) is 7.91. The van der Waals surface area contributed by atoms with E-state index in [1.54, 1.807) is 37.3 Å². The molecule has 3 N–H and O–H groups in total. The number of hydrogen-bond acceptors (Lipinski definition) is 5. The Morgan fingerprint density at radius 1 is 1.12 bits per heavy atom. The van der Waals surface area contributed by atoms with Crippen LogP contribution in [0.3, 0.4) is 0 Å². The Hall–Kier alpha value is -2.58. The van der Waals surface area contributed by atoms with E-state index >= 15 is 0 Å². The molecular weight excluding hydrogens is 332 g/mol. The van der Waals surface area contributed by atoms with Gasteiger partial charge in [-0.1, -0.05) is 12.1 Å². The van der Waals surface area contributed by atoms with Crippen molar-refractivity contribution < 1.29 is 22.7 Å². The number of benzene rings is 2. The van der Waals surface area contributed by atoms with E-state index in [1.807, 2.05) is 0 Å². The first-order chi connectivity index (χ1) is 11.3. The zero-order chi connectivity index (χ0) is 17.3. The molecule has 1 aliphatic heterocycles. The number of sulfonamides is 1. The van der Waals surface area contributed by atoms with Crippen molar-refractivity contribution in [1.82, 2.24) is 5.32 Å². The van der Waals surface area contributed by atoms with Gasteiger partial charge in [-0.15, -0.1) is 0 Å². The Morgan fingerprint density at radius 2 is 1.79 bits per heavy atom. The van der Waals surface area contributed by atoms with Crippen molar-refractivity contribution in [2.24, 2.45) is 5.14 Å². The maximum absolute atomic E-state index is 12.3. The minimum Gasteiger partial charge on any atom is -0.454 e. The lowest BCUT2D eigenvalue weighted by Crippen LogP contribution is -2.26. The van der Waals surface area contributed by atoms with E-state index < -0.39 is 10.0 Å². The number of ether oxygens (including phenoxy) is 2. The van der Waals surface area contributed by atoms with Crippen LogP contribution in [0, 0.1) is 0 Å². The Morgan fingerprint density at radius 3 is 2.46 bits per heavy atom. The summed E-state index contributed by atoms with van der Waals surface area (Å²) in [6.45, 7) is 1.95. The van der Waals surface area contributed by atoms with Gasteiger partial charge >= 0.3 is 0 Å². The Labute approximate surface area is 139 Å². The van der Waals surface area contributed by atoms with Crippen molar-refractivity contribution in [1.29, 1.82) is 0 Å². The third-order valence-electron chi connectivity index (χ3n) is 3.69. The molecule has 0 spiro atoms. The number of hydrogen-bond donors (Lipinski definition) is 2. The summed E-state index contributed by atoms with van der Waals surface area (Å²) >= 11 is 0. The predicted molar refractivity (Wildman–Crippen MR) is 86.3 cm³/mol. The standard InChI is InChI=1S/C16H16N2O5S/c1-10(11-2-5-13(6-3-11)24(17,20)21)18-16(19)12-4-7-14-15(8-12)23-9-22-14/h2-8,10H,9H2,1H3,(H,18,19)(H2,17,20,21). The Balaban J connectivity index is 1.72. The SMILES string of the molecule is CC(NC(=O)c1ccc2c(c1)OCO2)c1ccc(S(N)(=O)=O)cc1. The first kappa shape index (κ1) is 16.3. The monoisotopic (exact) mass is 348 g/mol. The molecule has 7 nitrogen and oxygen atoms in total. The van der Waals surface area contributed by atoms with Crippen molar-refractivity contribution in [2.45, 2.75) is 17.9 Å². The normalized spacial score (nSPS) is 14.2. The van der Waals surface area contributed by atoms with Gasteiger partial charge in [-0.05, 0) is 42.8 Å². The lowest BCUT2D eigenvalue weighted by Gasteiger charge is -2.15. The molecule has 0 saturated carbocycles. The molecule has 0 saturated heterocycles. The molecule has 1 heterocycles. The van der Waals surface area contributed by atoms with Gasteiger partial charge in [0.1, 0.15) is 0 Å². The molecule has 126 valence electrons. The number of rotatable bonds is 4. The van der Waals surface area contributed by atoms with Crippen molar-refractivity contribution in [3.05, 3.63) is 53.6 Å². The van der Waals surface area contributed by atoms with E-state index in [9.17, 15) is 13.2 Å². The van der Waals surface area contributed by atoms with Gasteiger partial charge in [0.2, 0.25) is 16.8 Å². The summed E-state index contributed by atoms with van der Waals surface area (Å²) in [5.41, 5.74) is 1.21. The van der Waals surface area contributed by atoms with Crippen LogP contribution in [0.4, 0.5) is 0 Å². The van der Waals surface area contributed by atoms with Crippen molar-refractivity contribution in [3.63, 3.8) is 0 Å². The summed E-state index contributed by atoms with van der Waals surface area (Å²) in [5.74, 6) is 0.877. The van der Waals surface area contributed by atoms with Crippen LogP contribution in [0.1, 0.15) is 28.9 Å². The minimum absolute atomic E-state index is 0.0283. The van der Waals surface area contributed by atoms with Crippen LogP contribution in [-0.2, 0) is 10.0 Å². The molecule has 0 fully saturated rings. The van der Waals surface area contributed by atoms with E-state index in [-0.39, 0.29) is 23.6 Å². The van der Waals surface area contributed by atoms with Gasteiger partial charge in [-0.3, -0.25) is 4.79 Å².